The summed E-state index contributed by atoms with van der Waals surface area (Å²) in [6.45, 7) is 20.9. The summed E-state index contributed by atoms with van der Waals surface area (Å²) >= 11 is 0. The minimum atomic E-state index is 0. The summed E-state index contributed by atoms with van der Waals surface area (Å²) in [4.78, 5) is 0. The lowest BCUT2D eigenvalue weighted by molar-refractivity contribution is 0.824. The molecule has 0 unspecified atom stereocenters. The Bertz CT molecular complexity index is 333. The quantitative estimate of drug-likeness (QED) is 0.729. The summed E-state index contributed by atoms with van der Waals surface area (Å²) in [5.74, 6) is 0. The number of allylic oxidation sites excluding steroid dienone is 7. The Morgan fingerprint density at radius 3 is 1.82 bits per heavy atom. The summed E-state index contributed by atoms with van der Waals surface area (Å²) in [6.07, 6.45) is 7.04. The normalized spacial score (nSPS) is 9.71. The highest BCUT2D eigenvalue weighted by molar-refractivity contribution is 5.45. The van der Waals surface area contributed by atoms with Crippen LogP contribution in [-0.2, 0) is 0 Å². The van der Waals surface area contributed by atoms with E-state index in [1.807, 2.05) is 32.9 Å². The smallest absolute Gasteiger partial charge is 0.0314 e. The number of rotatable bonds is 5. The summed E-state index contributed by atoms with van der Waals surface area (Å²) in [5, 5.41) is 0. The Morgan fingerprint density at radius 2 is 1.47 bits per heavy atom. The van der Waals surface area contributed by atoms with Gasteiger partial charge in [-0.25, -0.2) is 0 Å². The van der Waals surface area contributed by atoms with Gasteiger partial charge in [-0.3, -0.25) is 0 Å². The van der Waals surface area contributed by atoms with Gasteiger partial charge >= 0.3 is 0 Å². The summed E-state index contributed by atoms with van der Waals surface area (Å²) < 4.78 is 0. The Morgan fingerprint density at radius 1 is 1.00 bits per heavy atom. The van der Waals surface area contributed by atoms with E-state index in [4.69, 9.17) is 5.73 Å². The van der Waals surface area contributed by atoms with Crippen LogP contribution in [-0.4, -0.2) is 5.48 Å². The average Bonchev–Trinajstić information content (AvgIpc) is 2.28. The molecule has 4 N–H and O–H groups in total. The molecule has 96 valence electrons. The van der Waals surface area contributed by atoms with Crippen molar-refractivity contribution in [3.63, 3.8) is 0 Å². The third-order valence-electron chi connectivity index (χ3n) is 1.56. The maximum absolute atomic E-state index is 5.57. The number of nitrogens with two attached hydrogens (primary N) is 1. The molecule has 0 saturated heterocycles. The van der Waals surface area contributed by atoms with Crippen LogP contribution in [0.3, 0.4) is 0 Å². The van der Waals surface area contributed by atoms with Crippen LogP contribution in [0.4, 0.5) is 0 Å². The predicted molar refractivity (Wildman–Crippen MR) is 79.7 cm³/mol. The molecule has 0 aliphatic heterocycles. The van der Waals surface area contributed by atoms with Gasteiger partial charge in [-0.15, -0.1) is 0 Å². The molecular weight excluding hydrogens is 210 g/mol. The molecule has 0 radical (unpaired) electrons. The fraction of sp³-hybridized carbons (Fsp3) is 0.200. The van der Waals surface area contributed by atoms with Crippen LogP contribution in [0.15, 0.2) is 73.0 Å². The summed E-state index contributed by atoms with van der Waals surface area (Å²) in [7, 11) is 0. The molecule has 17 heavy (non-hydrogen) atoms. The van der Waals surface area contributed by atoms with Crippen molar-refractivity contribution in [2.75, 3.05) is 0 Å². The minimum Gasteiger partial charge on any atom is -0.412 e. The van der Waals surface area contributed by atoms with Crippen LogP contribution in [0.25, 0.3) is 0 Å². The Labute approximate surface area is 106 Å². The van der Waals surface area contributed by atoms with E-state index in [-0.39, 0.29) is 5.48 Å². The zero-order valence-electron chi connectivity index (χ0n) is 11.2. The second-order valence-corrected chi connectivity index (χ2v) is 3.08. The topological polar surface area (TPSA) is 57.5 Å². The lowest BCUT2D eigenvalue weighted by atomic mass is 10.1. The van der Waals surface area contributed by atoms with E-state index in [9.17, 15) is 0 Å². The van der Waals surface area contributed by atoms with Crippen molar-refractivity contribution in [1.82, 2.24) is 0 Å². The Kier molecular flexibility index (Phi) is 14.9. The highest BCUT2D eigenvalue weighted by Crippen LogP contribution is 2.10. The van der Waals surface area contributed by atoms with Crippen LogP contribution in [0.5, 0.6) is 0 Å². The molecule has 2 heteroatoms. The fourth-order valence-electron chi connectivity index (χ4n) is 0.703. The van der Waals surface area contributed by atoms with Gasteiger partial charge in [0, 0.05) is 5.70 Å². The molecule has 0 spiro atoms. The molecule has 0 aromatic rings. The predicted octanol–water partition coefficient (Wildman–Crippen LogP) is 3.46. The second-order valence-electron chi connectivity index (χ2n) is 3.08. The molecule has 2 nitrogen and oxygen atoms in total. The van der Waals surface area contributed by atoms with E-state index in [1.165, 1.54) is 0 Å². The van der Waals surface area contributed by atoms with Crippen molar-refractivity contribution in [1.29, 1.82) is 0 Å². The largest absolute Gasteiger partial charge is 0.412 e. The number of hydrogen-bond acceptors (Lipinski definition) is 1. The van der Waals surface area contributed by atoms with Gasteiger partial charge in [0.1, 0.15) is 0 Å². The molecule has 0 aromatic carbocycles. The van der Waals surface area contributed by atoms with Crippen LogP contribution < -0.4 is 5.73 Å². The Balaban J connectivity index is -0.000000616. The standard InChI is InChI=1S/C13H17N.C2H6.H2O/c1-6-13(14)9-12(5)11(4)8-7-10(2)3;1-2;/h6-9H,1-2,4-5,14H2,3H3;1-2H3;1H2/b8-7-,13-9+;;. The van der Waals surface area contributed by atoms with E-state index in [0.717, 1.165) is 16.7 Å². The second kappa shape index (κ2) is 12.3. The Hall–Kier alpha value is -1.80. The van der Waals surface area contributed by atoms with E-state index in [2.05, 4.69) is 26.3 Å². The molecule has 0 heterocycles. The van der Waals surface area contributed by atoms with Gasteiger partial charge in [-0.2, -0.15) is 0 Å². The van der Waals surface area contributed by atoms with Gasteiger partial charge in [-0.05, 0) is 30.2 Å². The lowest BCUT2D eigenvalue weighted by Crippen LogP contribution is -1.93. The fourth-order valence-corrected chi connectivity index (χ4v) is 0.703. The molecule has 0 rings (SSSR count). The molecule has 0 fully saturated rings. The maximum atomic E-state index is 5.57. The molecular formula is C15H25NO. The van der Waals surface area contributed by atoms with Crippen LogP contribution >= 0.6 is 0 Å². The first kappa shape index (κ1) is 20.6. The van der Waals surface area contributed by atoms with Crippen molar-refractivity contribution < 1.29 is 5.48 Å². The molecule has 0 amide bonds. The third-order valence-corrected chi connectivity index (χ3v) is 1.56. The van der Waals surface area contributed by atoms with Crippen LogP contribution in [0, 0.1) is 0 Å². The van der Waals surface area contributed by atoms with Gasteiger partial charge in [0.05, 0.1) is 0 Å². The first-order valence-electron chi connectivity index (χ1n) is 5.28. The summed E-state index contributed by atoms with van der Waals surface area (Å²) in [5.41, 5.74) is 8.72. The van der Waals surface area contributed by atoms with E-state index < -0.39 is 0 Å². The molecule has 0 aliphatic carbocycles. The number of hydrogen-bond donors (Lipinski definition) is 1. The minimum absolute atomic E-state index is 0. The first-order chi connectivity index (χ1) is 7.47. The average molecular weight is 235 g/mol. The molecule has 0 atom stereocenters. The van der Waals surface area contributed by atoms with Crippen molar-refractivity contribution in [2.24, 2.45) is 5.73 Å². The SMILES string of the molecule is C=C/C(N)=C\C(=C)C(=C)/C=C\C(=C)C.CC.O. The zero-order chi connectivity index (χ0) is 13.1. The van der Waals surface area contributed by atoms with Gasteiger partial charge in [0.2, 0.25) is 0 Å². The van der Waals surface area contributed by atoms with Crippen LogP contribution in [0.2, 0.25) is 0 Å². The third kappa shape index (κ3) is 12.1. The highest BCUT2D eigenvalue weighted by atomic mass is 16.0. The van der Waals surface area contributed by atoms with Gasteiger partial charge in [0.25, 0.3) is 0 Å². The van der Waals surface area contributed by atoms with Gasteiger partial charge in [-0.1, -0.05) is 57.9 Å². The molecule has 0 saturated carbocycles. The van der Waals surface area contributed by atoms with E-state index in [1.54, 1.807) is 12.2 Å². The highest BCUT2D eigenvalue weighted by Gasteiger charge is 1.92. The van der Waals surface area contributed by atoms with Crippen LogP contribution in [0.1, 0.15) is 20.8 Å². The molecule has 0 aliphatic rings. The van der Waals surface area contributed by atoms with Gasteiger partial charge < -0.3 is 11.2 Å². The monoisotopic (exact) mass is 235 g/mol. The van der Waals surface area contributed by atoms with Crippen molar-refractivity contribution in [2.45, 2.75) is 20.8 Å². The maximum Gasteiger partial charge on any atom is 0.0314 e. The van der Waals surface area contributed by atoms with Gasteiger partial charge in [0.15, 0.2) is 0 Å². The first-order valence-corrected chi connectivity index (χ1v) is 5.28. The zero-order valence-corrected chi connectivity index (χ0v) is 11.2. The molecule has 0 bridgehead atoms. The van der Waals surface area contributed by atoms with E-state index >= 15 is 0 Å². The van der Waals surface area contributed by atoms with Crippen molar-refractivity contribution in [3.05, 3.63) is 73.0 Å². The summed E-state index contributed by atoms with van der Waals surface area (Å²) in [6, 6.07) is 0. The molecule has 0 aromatic heterocycles. The van der Waals surface area contributed by atoms with Crippen molar-refractivity contribution >= 4 is 0 Å². The van der Waals surface area contributed by atoms with E-state index in [0.29, 0.717) is 5.70 Å². The van der Waals surface area contributed by atoms with Crippen molar-refractivity contribution in [3.8, 4) is 0 Å². The lowest BCUT2D eigenvalue weighted by Gasteiger charge is -2.00.